The number of aliphatic hydroxyl groups is 2. The van der Waals surface area contributed by atoms with Crippen LogP contribution in [-0.4, -0.2) is 78.3 Å². The van der Waals surface area contributed by atoms with Gasteiger partial charge in [-0.15, -0.1) is 10.2 Å². The molecule has 2 aromatic rings. The minimum absolute atomic E-state index is 0.241. The van der Waals surface area contributed by atoms with Crippen LogP contribution in [0, 0.1) is 11.8 Å². The van der Waals surface area contributed by atoms with Crippen molar-refractivity contribution < 1.29 is 14.9 Å². The molecule has 0 amide bonds. The number of aromatic nitrogens is 5. The van der Waals surface area contributed by atoms with Crippen LogP contribution < -0.4 is 0 Å². The molecule has 154 valence electrons. The number of hydrogen-bond acceptors (Lipinski definition) is 8. The highest BCUT2D eigenvalue weighted by Gasteiger charge is 2.35. The molecule has 0 spiro atoms. The smallest absolute Gasteiger partial charge is 0.207 e. The molecule has 1 saturated heterocycles. The molecule has 1 fully saturated rings. The van der Waals surface area contributed by atoms with Crippen LogP contribution in [0.2, 0.25) is 0 Å². The van der Waals surface area contributed by atoms with Crippen LogP contribution in [0.15, 0.2) is 11.3 Å². The molecule has 0 saturated carbocycles. The first-order chi connectivity index (χ1) is 13.4. The Morgan fingerprint density at radius 2 is 2.00 bits per heavy atom. The number of aliphatic imine (C=N–C) groups is 1. The van der Waals surface area contributed by atoms with Gasteiger partial charge in [0, 0.05) is 19.5 Å². The van der Waals surface area contributed by atoms with Gasteiger partial charge in [-0.3, -0.25) is 4.57 Å². The van der Waals surface area contributed by atoms with Crippen LogP contribution >= 0.6 is 0 Å². The first-order valence-corrected chi connectivity index (χ1v) is 9.67. The van der Waals surface area contributed by atoms with E-state index < -0.39 is 18.4 Å². The Labute approximate surface area is 164 Å². The summed E-state index contributed by atoms with van der Waals surface area (Å²) in [5.74, 6) is 1.41. The van der Waals surface area contributed by atoms with E-state index >= 15 is 0 Å². The molecule has 0 unspecified atom stereocenters. The quantitative estimate of drug-likeness (QED) is 0.507. The minimum atomic E-state index is -0.736. The summed E-state index contributed by atoms with van der Waals surface area (Å²) in [5.41, 5.74) is 1.00. The van der Waals surface area contributed by atoms with E-state index in [4.69, 9.17) is 4.74 Å². The molecule has 0 bridgehead atoms. The van der Waals surface area contributed by atoms with E-state index in [9.17, 15) is 10.2 Å². The summed E-state index contributed by atoms with van der Waals surface area (Å²) in [7, 11) is 0. The van der Waals surface area contributed by atoms with Crippen molar-refractivity contribution in [2.75, 3.05) is 19.7 Å². The lowest BCUT2D eigenvalue weighted by Crippen LogP contribution is -2.30. The fourth-order valence-corrected chi connectivity index (χ4v) is 3.36. The predicted octanol–water partition coefficient (Wildman–Crippen LogP) is 1.14. The van der Waals surface area contributed by atoms with E-state index in [0.29, 0.717) is 35.2 Å². The van der Waals surface area contributed by atoms with E-state index in [2.05, 4.69) is 58.0 Å². The SMILES string of the molecule is CC(C)CN(C=Nc1nnnc2c1ncn2[C@@H]1C[C@H](O)[C@@H](CO)O1)CC(C)C. The second-order valence-electron chi connectivity index (χ2n) is 8.04. The molecule has 0 radical (unpaired) electrons. The van der Waals surface area contributed by atoms with Crippen LogP contribution in [0.5, 0.6) is 0 Å². The molecule has 3 heterocycles. The van der Waals surface area contributed by atoms with Crippen LogP contribution in [0.25, 0.3) is 11.2 Å². The molecule has 10 nitrogen and oxygen atoms in total. The molecule has 1 aliphatic rings. The lowest BCUT2D eigenvalue weighted by Gasteiger charge is -2.23. The van der Waals surface area contributed by atoms with E-state index in [1.54, 1.807) is 17.2 Å². The number of aliphatic hydroxyl groups excluding tert-OH is 2. The Bertz CT molecular complexity index is 798. The van der Waals surface area contributed by atoms with Crippen molar-refractivity contribution in [3.05, 3.63) is 6.33 Å². The van der Waals surface area contributed by atoms with Crippen molar-refractivity contribution in [2.24, 2.45) is 16.8 Å². The zero-order valence-electron chi connectivity index (χ0n) is 16.8. The maximum absolute atomic E-state index is 9.98. The van der Waals surface area contributed by atoms with Crippen molar-refractivity contribution in [2.45, 2.75) is 52.6 Å². The number of fused-ring (bicyclic) bond motifs is 1. The van der Waals surface area contributed by atoms with E-state index in [1.807, 2.05) is 0 Å². The topological polar surface area (TPSA) is 122 Å². The average molecular weight is 391 g/mol. The van der Waals surface area contributed by atoms with Crippen molar-refractivity contribution in [3.63, 3.8) is 0 Å². The van der Waals surface area contributed by atoms with Gasteiger partial charge in [0.15, 0.2) is 11.2 Å². The molecule has 3 rings (SSSR count). The number of imidazole rings is 1. The van der Waals surface area contributed by atoms with Crippen LogP contribution in [0.4, 0.5) is 5.82 Å². The number of ether oxygens (including phenoxy) is 1. The largest absolute Gasteiger partial charge is 0.394 e. The molecule has 0 aliphatic carbocycles. The monoisotopic (exact) mass is 391 g/mol. The van der Waals surface area contributed by atoms with Gasteiger partial charge in [-0.2, -0.15) is 0 Å². The standard InChI is InChI=1S/C18H29N7O3/c1-11(2)6-24(7-12(3)4)9-20-17-16-18(22-23-21-17)25(10-19-16)15-5-13(27)14(8-26)28-15/h9-15,26-27H,5-8H2,1-4H3/t13-,14+,15-/m0/s1. The summed E-state index contributed by atoms with van der Waals surface area (Å²) >= 11 is 0. The second kappa shape index (κ2) is 8.89. The Morgan fingerprint density at radius 3 is 2.61 bits per heavy atom. The lowest BCUT2D eigenvalue weighted by atomic mass is 10.1. The number of nitrogens with zero attached hydrogens (tertiary/aromatic N) is 7. The Balaban J connectivity index is 1.84. The molecule has 2 N–H and O–H groups in total. The van der Waals surface area contributed by atoms with Gasteiger partial charge in [-0.05, 0) is 17.0 Å². The zero-order valence-corrected chi connectivity index (χ0v) is 16.8. The number of rotatable bonds is 8. The Hall–Kier alpha value is -2.17. The first kappa shape index (κ1) is 20.6. The van der Waals surface area contributed by atoms with Gasteiger partial charge >= 0.3 is 0 Å². The zero-order chi connectivity index (χ0) is 20.3. The van der Waals surface area contributed by atoms with Gasteiger partial charge in [-0.25, -0.2) is 9.98 Å². The first-order valence-electron chi connectivity index (χ1n) is 9.67. The molecular weight excluding hydrogens is 362 g/mol. The maximum atomic E-state index is 9.98. The molecule has 10 heteroatoms. The van der Waals surface area contributed by atoms with Crippen LogP contribution in [0.3, 0.4) is 0 Å². The van der Waals surface area contributed by atoms with Crippen molar-refractivity contribution in [1.29, 1.82) is 0 Å². The molecule has 28 heavy (non-hydrogen) atoms. The van der Waals surface area contributed by atoms with Crippen LogP contribution in [-0.2, 0) is 4.74 Å². The highest BCUT2D eigenvalue weighted by molar-refractivity contribution is 5.82. The summed E-state index contributed by atoms with van der Waals surface area (Å²) < 4.78 is 7.39. The van der Waals surface area contributed by atoms with E-state index in [0.717, 1.165) is 13.1 Å². The maximum Gasteiger partial charge on any atom is 0.207 e. The molecule has 0 aromatic carbocycles. The average Bonchev–Trinajstić information content (AvgIpc) is 3.22. The minimum Gasteiger partial charge on any atom is -0.394 e. The summed E-state index contributed by atoms with van der Waals surface area (Å²) in [4.78, 5) is 11.1. The summed E-state index contributed by atoms with van der Waals surface area (Å²) in [6, 6.07) is 0. The Morgan fingerprint density at radius 1 is 1.29 bits per heavy atom. The normalized spacial score (nSPS) is 22.9. The fraction of sp³-hybridized carbons (Fsp3) is 0.722. The van der Waals surface area contributed by atoms with Gasteiger partial charge in [0.25, 0.3) is 0 Å². The highest BCUT2D eigenvalue weighted by Crippen LogP contribution is 2.31. The second-order valence-corrected chi connectivity index (χ2v) is 8.04. The predicted molar refractivity (Wildman–Crippen MR) is 104 cm³/mol. The summed E-state index contributed by atoms with van der Waals surface area (Å²) in [6.45, 7) is 10.2. The lowest BCUT2D eigenvalue weighted by molar-refractivity contribution is -0.0432. The van der Waals surface area contributed by atoms with Crippen LogP contribution in [0.1, 0.15) is 40.3 Å². The van der Waals surface area contributed by atoms with Gasteiger partial charge in [-0.1, -0.05) is 27.7 Å². The third-order valence-corrected chi connectivity index (χ3v) is 4.50. The van der Waals surface area contributed by atoms with Gasteiger partial charge < -0.3 is 19.8 Å². The van der Waals surface area contributed by atoms with Crippen molar-refractivity contribution in [1.82, 2.24) is 29.9 Å². The fourth-order valence-electron chi connectivity index (χ4n) is 3.36. The third kappa shape index (κ3) is 4.62. The molecule has 1 aliphatic heterocycles. The Kier molecular flexibility index (Phi) is 6.53. The van der Waals surface area contributed by atoms with E-state index in [1.165, 1.54) is 0 Å². The number of hydrogen-bond donors (Lipinski definition) is 2. The van der Waals surface area contributed by atoms with Gasteiger partial charge in [0.2, 0.25) is 5.82 Å². The van der Waals surface area contributed by atoms with Gasteiger partial charge in [0.1, 0.15) is 12.3 Å². The molecule has 2 aromatic heterocycles. The van der Waals surface area contributed by atoms with Crippen molar-refractivity contribution in [3.8, 4) is 0 Å². The third-order valence-electron chi connectivity index (χ3n) is 4.50. The summed E-state index contributed by atoms with van der Waals surface area (Å²) in [5, 5.41) is 31.2. The van der Waals surface area contributed by atoms with E-state index in [-0.39, 0.29) is 6.61 Å². The van der Waals surface area contributed by atoms with Crippen molar-refractivity contribution >= 4 is 23.3 Å². The van der Waals surface area contributed by atoms with Gasteiger partial charge in [0.05, 0.1) is 25.4 Å². The molecular formula is C18H29N7O3. The molecule has 3 atom stereocenters. The highest BCUT2D eigenvalue weighted by atomic mass is 16.5. The summed E-state index contributed by atoms with van der Waals surface area (Å²) in [6.07, 6.45) is 1.90.